The minimum atomic E-state index is -0.343. The lowest BCUT2D eigenvalue weighted by Gasteiger charge is -2.12. The number of nitrogens with one attached hydrogen (secondary N) is 1. The number of nitrogen functional groups attached to an aromatic ring is 1. The number of benzene rings is 2. The highest BCUT2D eigenvalue weighted by Crippen LogP contribution is 2.31. The Bertz CT molecular complexity index is 664. The first kappa shape index (κ1) is 14.9. The summed E-state index contributed by atoms with van der Waals surface area (Å²) >= 11 is 6.54. The van der Waals surface area contributed by atoms with Crippen LogP contribution in [0, 0.1) is 6.92 Å². The third kappa shape index (κ3) is 3.13. The van der Waals surface area contributed by atoms with Crippen LogP contribution in [0.2, 0.25) is 0 Å². The number of hydrogen-bond acceptors (Lipinski definition) is 3. The molecule has 20 heavy (non-hydrogen) atoms. The Morgan fingerprint density at radius 1 is 1.20 bits per heavy atom. The van der Waals surface area contributed by atoms with Gasteiger partial charge in [0.1, 0.15) is 5.75 Å². The zero-order valence-corrected chi connectivity index (χ0v) is 13.7. The predicted molar refractivity (Wildman–Crippen MR) is 87.1 cm³/mol. The van der Waals surface area contributed by atoms with Gasteiger partial charge in [0, 0.05) is 10.0 Å². The zero-order valence-electron chi connectivity index (χ0n) is 10.6. The quantitative estimate of drug-likeness (QED) is 0.666. The van der Waals surface area contributed by atoms with Gasteiger partial charge in [0.25, 0.3) is 5.91 Å². The Balaban J connectivity index is 2.30. The molecule has 0 bridgehead atoms. The zero-order chi connectivity index (χ0) is 14.9. The second-order valence-corrected chi connectivity index (χ2v) is 6.04. The Kier molecular flexibility index (Phi) is 4.35. The monoisotopic (exact) mass is 398 g/mol. The van der Waals surface area contributed by atoms with Crippen molar-refractivity contribution in [2.75, 3.05) is 11.1 Å². The summed E-state index contributed by atoms with van der Waals surface area (Å²) in [5, 5.41) is 12.3. The maximum Gasteiger partial charge on any atom is 0.255 e. The summed E-state index contributed by atoms with van der Waals surface area (Å²) < 4.78 is 1.25. The first-order chi connectivity index (χ1) is 9.38. The van der Waals surface area contributed by atoms with E-state index in [0.29, 0.717) is 25.9 Å². The molecule has 6 heteroatoms. The average Bonchev–Trinajstić information content (AvgIpc) is 2.36. The molecule has 4 N–H and O–H groups in total. The molecule has 2 rings (SSSR count). The van der Waals surface area contributed by atoms with Crippen LogP contribution in [0.3, 0.4) is 0 Å². The van der Waals surface area contributed by atoms with E-state index in [1.54, 1.807) is 18.2 Å². The number of aromatic hydroxyl groups is 1. The minimum Gasteiger partial charge on any atom is -0.507 e. The first-order valence-corrected chi connectivity index (χ1v) is 7.32. The average molecular weight is 400 g/mol. The van der Waals surface area contributed by atoms with Crippen molar-refractivity contribution in [2.24, 2.45) is 0 Å². The Hall–Kier alpha value is -1.53. The topological polar surface area (TPSA) is 75.3 Å². The van der Waals surface area contributed by atoms with Gasteiger partial charge in [-0.1, -0.05) is 0 Å². The van der Waals surface area contributed by atoms with Gasteiger partial charge in [-0.15, -0.1) is 0 Å². The minimum absolute atomic E-state index is 0.00796. The number of phenols is 1. The van der Waals surface area contributed by atoms with E-state index in [1.165, 1.54) is 6.07 Å². The fourth-order valence-corrected chi connectivity index (χ4v) is 2.68. The van der Waals surface area contributed by atoms with Crippen molar-refractivity contribution in [1.29, 1.82) is 0 Å². The van der Waals surface area contributed by atoms with E-state index in [-0.39, 0.29) is 11.7 Å². The number of aryl methyl sites for hydroxylation is 1. The Morgan fingerprint density at radius 3 is 2.50 bits per heavy atom. The summed E-state index contributed by atoms with van der Waals surface area (Å²) in [4.78, 5) is 12.2. The number of anilines is 2. The molecule has 0 radical (unpaired) electrons. The molecule has 2 aromatic carbocycles. The van der Waals surface area contributed by atoms with Crippen molar-refractivity contribution in [2.45, 2.75) is 6.92 Å². The molecule has 104 valence electrons. The molecule has 0 saturated heterocycles. The number of rotatable bonds is 2. The molecule has 0 heterocycles. The van der Waals surface area contributed by atoms with Gasteiger partial charge in [-0.3, -0.25) is 4.79 Å². The van der Waals surface area contributed by atoms with Crippen molar-refractivity contribution in [3.8, 4) is 5.75 Å². The van der Waals surface area contributed by atoms with Crippen molar-refractivity contribution < 1.29 is 9.90 Å². The second-order valence-electron chi connectivity index (χ2n) is 4.33. The number of halogens is 2. The van der Waals surface area contributed by atoms with Gasteiger partial charge in [0.15, 0.2) is 0 Å². The van der Waals surface area contributed by atoms with Crippen molar-refractivity contribution in [3.63, 3.8) is 0 Å². The van der Waals surface area contributed by atoms with Crippen LogP contribution >= 0.6 is 31.9 Å². The number of amides is 1. The van der Waals surface area contributed by atoms with E-state index < -0.39 is 0 Å². The fraction of sp³-hybridized carbons (Fsp3) is 0.0714. The van der Waals surface area contributed by atoms with Crippen LogP contribution in [-0.4, -0.2) is 11.0 Å². The molecule has 4 nitrogen and oxygen atoms in total. The highest BCUT2D eigenvalue weighted by Gasteiger charge is 2.12. The summed E-state index contributed by atoms with van der Waals surface area (Å²) in [6, 6.07) is 8.25. The molecule has 0 fully saturated rings. The molecule has 0 aliphatic carbocycles. The van der Waals surface area contributed by atoms with Gasteiger partial charge in [-0.05, 0) is 74.7 Å². The third-order valence-electron chi connectivity index (χ3n) is 2.71. The molecule has 0 unspecified atom stereocenters. The van der Waals surface area contributed by atoms with Gasteiger partial charge in [-0.2, -0.15) is 0 Å². The number of phenolic OH excluding ortho intramolecular Hbond substituents is 1. The van der Waals surface area contributed by atoms with E-state index >= 15 is 0 Å². The maximum atomic E-state index is 12.2. The Morgan fingerprint density at radius 2 is 1.90 bits per heavy atom. The van der Waals surface area contributed by atoms with Gasteiger partial charge >= 0.3 is 0 Å². The van der Waals surface area contributed by atoms with Crippen molar-refractivity contribution in [1.82, 2.24) is 0 Å². The summed E-state index contributed by atoms with van der Waals surface area (Å²) in [5.74, 6) is -0.336. The smallest absolute Gasteiger partial charge is 0.255 e. The first-order valence-electron chi connectivity index (χ1n) is 5.74. The van der Waals surface area contributed by atoms with Gasteiger partial charge in [0.2, 0.25) is 0 Å². The number of hydrogen-bond donors (Lipinski definition) is 3. The van der Waals surface area contributed by atoms with Crippen LogP contribution in [-0.2, 0) is 0 Å². The standard InChI is InChI=1S/C14H12Br2N2O2/c1-7-4-10(16)13(11(17)5-7)18-14(20)8-2-3-9(15)12(19)6-8/h2-6,19H,17H2,1H3,(H,18,20). The predicted octanol–water partition coefficient (Wildman–Crippen LogP) is 4.06. The lowest BCUT2D eigenvalue weighted by atomic mass is 10.1. The Labute approximate surface area is 133 Å². The van der Waals surface area contributed by atoms with Crippen LogP contribution in [0.4, 0.5) is 11.4 Å². The molecule has 0 atom stereocenters. The van der Waals surface area contributed by atoms with Crippen LogP contribution in [0.15, 0.2) is 39.3 Å². The molecule has 0 aromatic heterocycles. The lowest BCUT2D eigenvalue weighted by molar-refractivity contribution is 0.102. The van der Waals surface area contributed by atoms with E-state index in [9.17, 15) is 9.90 Å². The molecule has 0 aliphatic rings. The van der Waals surface area contributed by atoms with Crippen LogP contribution in [0.1, 0.15) is 15.9 Å². The molecular formula is C14H12Br2N2O2. The fourth-order valence-electron chi connectivity index (χ4n) is 1.74. The number of carbonyl (C=O) groups excluding carboxylic acids is 1. The maximum absolute atomic E-state index is 12.2. The molecule has 0 aliphatic heterocycles. The molecule has 0 saturated carbocycles. The highest BCUT2D eigenvalue weighted by molar-refractivity contribution is 9.11. The molecule has 2 aromatic rings. The van der Waals surface area contributed by atoms with E-state index in [2.05, 4.69) is 37.2 Å². The number of carbonyl (C=O) groups is 1. The van der Waals surface area contributed by atoms with E-state index in [4.69, 9.17) is 5.73 Å². The SMILES string of the molecule is Cc1cc(N)c(NC(=O)c2ccc(Br)c(O)c2)c(Br)c1. The van der Waals surface area contributed by atoms with E-state index in [1.807, 2.05) is 13.0 Å². The third-order valence-corrected chi connectivity index (χ3v) is 4.01. The van der Waals surface area contributed by atoms with Gasteiger partial charge in [-0.25, -0.2) is 0 Å². The van der Waals surface area contributed by atoms with Crippen molar-refractivity contribution in [3.05, 3.63) is 50.4 Å². The summed E-state index contributed by atoms with van der Waals surface area (Å²) in [7, 11) is 0. The molecule has 1 amide bonds. The molecular weight excluding hydrogens is 388 g/mol. The molecule has 0 spiro atoms. The van der Waals surface area contributed by atoms with Gasteiger partial charge in [0.05, 0.1) is 15.8 Å². The van der Waals surface area contributed by atoms with Gasteiger partial charge < -0.3 is 16.2 Å². The normalized spacial score (nSPS) is 10.3. The van der Waals surface area contributed by atoms with Crippen LogP contribution in [0.5, 0.6) is 5.75 Å². The summed E-state index contributed by atoms with van der Waals surface area (Å²) in [6.07, 6.45) is 0. The second kappa shape index (κ2) is 5.85. The lowest BCUT2D eigenvalue weighted by Crippen LogP contribution is -2.13. The number of nitrogens with two attached hydrogens (primary N) is 1. The summed E-state index contributed by atoms with van der Waals surface area (Å²) in [5.41, 5.74) is 8.24. The van der Waals surface area contributed by atoms with Crippen LogP contribution in [0.25, 0.3) is 0 Å². The van der Waals surface area contributed by atoms with E-state index in [0.717, 1.165) is 5.56 Å². The van der Waals surface area contributed by atoms with Crippen LogP contribution < -0.4 is 11.1 Å². The largest absolute Gasteiger partial charge is 0.507 e. The summed E-state index contributed by atoms with van der Waals surface area (Å²) in [6.45, 7) is 1.92. The highest BCUT2D eigenvalue weighted by atomic mass is 79.9. The van der Waals surface area contributed by atoms with Crippen molar-refractivity contribution >= 4 is 49.1 Å².